The minimum absolute atomic E-state index is 0.00141. The normalized spacial score (nSPS) is 19.2. The van der Waals surface area contributed by atoms with Gasteiger partial charge in [0, 0.05) is 30.5 Å². The molecule has 4 rings (SSSR count). The first-order chi connectivity index (χ1) is 16.5. The summed E-state index contributed by atoms with van der Waals surface area (Å²) in [6.07, 6.45) is 7.62. The first kappa shape index (κ1) is 23.6. The fraction of sp³-hybridized carbons (Fsp3) is 0.385. The average molecular weight is 461 g/mol. The molecule has 1 unspecified atom stereocenters. The summed E-state index contributed by atoms with van der Waals surface area (Å²) in [5, 5.41) is 21.7. The molecule has 1 fully saturated rings. The van der Waals surface area contributed by atoms with Crippen LogP contribution in [0.4, 0.5) is 0 Å². The topological polar surface area (TPSA) is 109 Å². The van der Waals surface area contributed by atoms with E-state index in [1.807, 2.05) is 24.3 Å². The Morgan fingerprint density at radius 3 is 2.88 bits per heavy atom. The van der Waals surface area contributed by atoms with Gasteiger partial charge in [-0.05, 0) is 61.6 Å². The van der Waals surface area contributed by atoms with Crippen LogP contribution >= 0.6 is 0 Å². The van der Waals surface area contributed by atoms with E-state index in [1.54, 1.807) is 25.7 Å². The number of nitrogens with zero attached hydrogens (tertiary/aromatic N) is 4. The van der Waals surface area contributed by atoms with Gasteiger partial charge in [-0.3, -0.25) is 14.7 Å². The molecule has 3 atom stereocenters. The number of benzene rings is 1. The predicted molar refractivity (Wildman–Crippen MR) is 127 cm³/mol. The molecule has 3 heterocycles. The Balaban J connectivity index is 1.38. The number of carboxylic acid groups (broad SMARTS) is 1. The van der Waals surface area contributed by atoms with Crippen molar-refractivity contribution in [1.82, 2.24) is 19.9 Å². The number of rotatable bonds is 7. The van der Waals surface area contributed by atoms with Gasteiger partial charge in [0.15, 0.2) is 0 Å². The van der Waals surface area contributed by atoms with Gasteiger partial charge in [0.1, 0.15) is 12.1 Å². The maximum Gasteiger partial charge on any atom is 0.308 e. The van der Waals surface area contributed by atoms with Gasteiger partial charge in [0.2, 0.25) is 0 Å². The number of likely N-dealkylation sites (tertiary alicyclic amines) is 1. The number of ether oxygens (including phenoxy) is 1. The summed E-state index contributed by atoms with van der Waals surface area (Å²) in [6.45, 7) is 1.73. The smallest absolute Gasteiger partial charge is 0.308 e. The third-order valence-electron chi connectivity index (χ3n) is 6.41. The number of fused-ring (bicyclic) bond motifs is 1. The molecule has 1 aliphatic heterocycles. The summed E-state index contributed by atoms with van der Waals surface area (Å²) >= 11 is 0. The molecular formula is C26H28N4O4. The van der Waals surface area contributed by atoms with E-state index >= 15 is 0 Å². The first-order valence-corrected chi connectivity index (χ1v) is 11.3. The number of hydrogen-bond donors (Lipinski definition) is 2. The van der Waals surface area contributed by atoms with Gasteiger partial charge >= 0.3 is 5.97 Å². The summed E-state index contributed by atoms with van der Waals surface area (Å²) in [5.74, 6) is 5.53. The molecule has 8 nitrogen and oxygen atoms in total. The number of aromatic nitrogens is 3. The highest BCUT2D eigenvalue weighted by atomic mass is 16.5. The molecule has 176 valence electrons. The lowest BCUT2D eigenvalue weighted by Gasteiger charge is -2.36. The van der Waals surface area contributed by atoms with Gasteiger partial charge in [-0.25, -0.2) is 9.97 Å². The van der Waals surface area contributed by atoms with Crippen molar-refractivity contribution in [1.29, 1.82) is 0 Å². The van der Waals surface area contributed by atoms with Crippen LogP contribution in [-0.4, -0.2) is 62.8 Å². The molecule has 0 spiro atoms. The van der Waals surface area contributed by atoms with Crippen LogP contribution in [0.25, 0.3) is 10.9 Å². The van der Waals surface area contributed by atoms with E-state index in [9.17, 15) is 15.0 Å². The lowest BCUT2D eigenvalue weighted by atomic mass is 9.81. The van der Waals surface area contributed by atoms with Gasteiger partial charge in [0.05, 0.1) is 36.8 Å². The highest BCUT2D eigenvalue weighted by Gasteiger charge is 2.34. The molecule has 34 heavy (non-hydrogen) atoms. The second kappa shape index (κ2) is 11.1. The molecule has 1 aliphatic rings. The lowest BCUT2D eigenvalue weighted by molar-refractivity contribution is -0.146. The molecule has 3 aromatic rings. The summed E-state index contributed by atoms with van der Waals surface area (Å²) in [4.78, 5) is 26.3. The Labute approximate surface area is 198 Å². The summed E-state index contributed by atoms with van der Waals surface area (Å²) < 4.78 is 5.32. The van der Waals surface area contributed by atoms with Crippen molar-refractivity contribution in [3.05, 3.63) is 60.3 Å². The van der Waals surface area contributed by atoms with Gasteiger partial charge in [-0.1, -0.05) is 11.8 Å². The third-order valence-corrected chi connectivity index (χ3v) is 6.41. The van der Waals surface area contributed by atoms with E-state index in [2.05, 4.69) is 31.7 Å². The minimum atomic E-state index is -0.798. The fourth-order valence-electron chi connectivity index (χ4n) is 4.55. The zero-order valence-electron chi connectivity index (χ0n) is 19.1. The molecule has 0 bridgehead atoms. The van der Waals surface area contributed by atoms with E-state index in [0.29, 0.717) is 31.7 Å². The zero-order valence-corrected chi connectivity index (χ0v) is 19.1. The largest absolute Gasteiger partial charge is 0.497 e. The minimum Gasteiger partial charge on any atom is -0.497 e. The molecule has 2 aromatic heterocycles. The van der Waals surface area contributed by atoms with Crippen LogP contribution in [0.5, 0.6) is 5.75 Å². The summed E-state index contributed by atoms with van der Waals surface area (Å²) in [6, 6.07) is 7.41. The lowest BCUT2D eigenvalue weighted by Crippen LogP contribution is -2.44. The molecular weight excluding hydrogens is 432 g/mol. The molecule has 0 amide bonds. The highest BCUT2D eigenvalue weighted by molar-refractivity contribution is 5.83. The average Bonchev–Trinajstić information content (AvgIpc) is 2.87. The van der Waals surface area contributed by atoms with Crippen LogP contribution in [0, 0.1) is 23.7 Å². The number of methoxy groups -OCH3 is 1. The third kappa shape index (κ3) is 5.68. The van der Waals surface area contributed by atoms with E-state index in [4.69, 9.17) is 4.74 Å². The number of piperidine rings is 1. The van der Waals surface area contributed by atoms with Crippen LogP contribution in [0.3, 0.4) is 0 Å². The van der Waals surface area contributed by atoms with Gasteiger partial charge in [0.25, 0.3) is 0 Å². The van der Waals surface area contributed by atoms with Gasteiger partial charge in [-0.15, -0.1) is 0 Å². The number of aliphatic hydroxyl groups is 1. The molecule has 2 N–H and O–H groups in total. The Morgan fingerprint density at radius 2 is 2.12 bits per heavy atom. The highest BCUT2D eigenvalue weighted by Crippen LogP contribution is 2.33. The van der Waals surface area contributed by atoms with Gasteiger partial charge in [-0.2, -0.15) is 0 Å². The number of carboxylic acids is 1. The quantitative estimate of drug-likeness (QED) is 0.518. The maximum absolute atomic E-state index is 12.0. The number of pyridine rings is 1. The number of carbonyl (C=O) groups is 1. The monoisotopic (exact) mass is 460 g/mol. The first-order valence-electron chi connectivity index (χ1n) is 11.3. The number of aliphatic hydroxyl groups excluding tert-OH is 1. The van der Waals surface area contributed by atoms with Crippen LogP contribution < -0.4 is 4.74 Å². The molecule has 0 saturated carbocycles. The molecule has 1 aromatic carbocycles. The van der Waals surface area contributed by atoms with Crippen LogP contribution in [0.15, 0.2) is 49.2 Å². The number of hydrogen-bond acceptors (Lipinski definition) is 7. The van der Waals surface area contributed by atoms with Crippen LogP contribution in [0.2, 0.25) is 0 Å². The van der Waals surface area contributed by atoms with Crippen molar-refractivity contribution >= 4 is 16.9 Å². The molecule has 0 radical (unpaired) electrons. The van der Waals surface area contributed by atoms with E-state index in [1.165, 1.54) is 6.33 Å². The molecule has 8 heteroatoms. The van der Waals surface area contributed by atoms with E-state index < -0.39 is 18.0 Å². The van der Waals surface area contributed by atoms with E-state index in [-0.39, 0.29) is 5.92 Å². The van der Waals surface area contributed by atoms with Crippen LogP contribution in [-0.2, 0) is 4.79 Å². The summed E-state index contributed by atoms with van der Waals surface area (Å²) in [5.41, 5.74) is 2.31. The van der Waals surface area contributed by atoms with Crippen molar-refractivity contribution in [3.63, 3.8) is 0 Å². The molecule has 1 saturated heterocycles. The van der Waals surface area contributed by atoms with Crippen molar-refractivity contribution in [2.75, 3.05) is 26.7 Å². The predicted octanol–water partition coefficient (Wildman–Crippen LogP) is 2.92. The Bertz CT molecular complexity index is 1190. The molecule has 0 aliphatic carbocycles. The Hall–Kier alpha value is -3.54. The van der Waals surface area contributed by atoms with E-state index in [0.717, 1.165) is 35.0 Å². The maximum atomic E-state index is 12.0. The van der Waals surface area contributed by atoms with Crippen molar-refractivity contribution in [3.8, 4) is 17.6 Å². The Kier molecular flexibility index (Phi) is 7.68. The fourth-order valence-corrected chi connectivity index (χ4v) is 4.55. The SMILES string of the molecule is COc1ccc2nccc(C(O)CC[C@@H]3CCN(CC#Cc4cncnc4)C[C@@H]3C(=O)O)c2c1. The van der Waals surface area contributed by atoms with Crippen molar-refractivity contribution < 1.29 is 19.7 Å². The van der Waals surface area contributed by atoms with Crippen molar-refractivity contribution in [2.24, 2.45) is 11.8 Å². The van der Waals surface area contributed by atoms with Crippen molar-refractivity contribution in [2.45, 2.75) is 25.4 Å². The zero-order chi connectivity index (χ0) is 23.9. The second-order valence-corrected chi connectivity index (χ2v) is 8.53. The Morgan fingerprint density at radius 1 is 1.29 bits per heavy atom. The van der Waals surface area contributed by atoms with Crippen LogP contribution in [0.1, 0.15) is 36.5 Å². The second-order valence-electron chi connectivity index (χ2n) is 8.53. The van der Waals surface area contributed by atoms with Gasteiger partial charge < -0.3 is 14.9 Å². The summed E-state index contributed by atoms with van der Waals surface area (Å²) in [7, 11) is 1.60. The number of aliphatic carboxylic acids is 1. The standard InChI is InChI=1S/C26H28N4O4/c1-34-20-5-6-24-22(13-20)21(8-10-29-24)25(31)7-4-19-9-12-30(16-23(19)26(32)33)11-2-3-18-14-27-17-28-15-18/h5-6,8,10,13-15,17,19,23,25,31H,4,7,9,11-12,16H2,1H3,(H,32,33)/t19-,23+,25?/m1/s1.